The Balaban J connectivity index is 1.90. The van der Waals surface area contributed by atoms with Crippen LogP contribution in [0.25, 0.3) is 0 Å². The first-order valence-electron chi connectivity index (χ1n) is 7.67. The molecule has 0 bridgehead atoms. The van der Waals surface area contributed by atoms with Crippen molar-refractivity contribution in [3.63, 3.8) is 0 Å². The first-order valence-corrected chi connectivity index (χ1v) is 7.67. The van der Waals surface area contributed by atoms with E-state index in [4.69, 9.17) is 4.74 Å². The zero-order valence-electron chi connectivity index (χ0n) is 13.0. The van der Waals surface area contributed by atoms with Crippen molar-refractivity contribution >= 4 is 0 Å². The summed E-state index contributed by atoms with van der Waals surface area (Å²) in [6, 6.07) is 8.58. The maximum atomic E-state index is 5.92. The molecular formula is C17H23N3O. The van der Waals surface area contributed by atoms with Gasteiger partial charge < -0.3 is 10.1 Å². The number of benzene rings is 1. The van der Waals surface area contributed by atoms with E-state index in [1.807, 2.05) is 24.0 Å². The molecular weight excluding hydrogens is 262 g/mol. The minimum atomic E-state index is 0.159. The molecule has 1 unspecified atom stereocenters. The first kappa shape index (κ1) is 14.1. The Labute approximate surface area is 126 Å². The summed E-state index contributed by atoms with van der Waals surface area (Å²) in [7, 11) is 1.98. The van der Waals surface area contributed by atoms with E-state index in [0.29, 0.717) is 6.10 Å². The van der Waals surface area contributed by atoms with Gasteiger partial charge in [-0.05, 0) is 44.0 Å². The van der Waals surface area contributed by atoms with E-state index in [1.165, 1.54) is 29.7 Å². The van der Waals surface area contributed by atoms with Crippen molar-refractivity contribution in [1.82, 2.24) is 15.1 Å². The lowest BCUT2D eigenvalue weighted by atomic mass is 9.99. The molecule has 112 valence electrons. The van der Waals surface area contributed by atoms with E-state index in [1.54, 1.807) is 0 Å². The van der Waals surface area contributed by atoms with Gasteiger partial charge in [-0.3, -0.25) is 4.68 Å². The Morgan fingerprint density at radius 1 is 1.43 bits per heavy atom. The van der Waals surface area contributed by atoms with Crippen LogP contribution in [0, 0.1) is 6.92 Å². The topological polar surface area (TPSA) is 39.1 Å². The molecule has 0 radical (unpaired) electrons. The van der Waals surface area contributed by atoms with Gasteiger partial charge in [0.05, 0.1) is 18.3 Å². The number of hydrogen-bond acceptors (Lipinski definition) is 3. The third-order valence-corrected chi connectivity index (χ3v) is 4.01. The van der Waals surface area contributed by atoms with Crippen LogP contribution >= 0.6 is 0 Å². The standard InChI is InChI=1S/C17H23N3O/c1-4-18-17(16-11-19-20(3)12(16)2)13-6-5-7-15(10-13)21-14-8-9-14/h5-7,10-11,14,17-18H,4,8-9H2,1-3H3. The number of rotatable bonds is 6. The largest absolute Gasteiger partial charge is 0.490 e. The van der Waals surface area contributed by atoms with Crippen LogP contribution in [0.3, 0.4) is 0 Å². The Morgan fingerprint density at radius 3 is 2.86 bits per heavy atom. The molecule has 1 N–H and O–H groups in total. The van der Waals surface area contributed by atoms with Gasteiger partial charge in [-0.2, -0.15) is 5.10 Å². The van der Waals surface area contributed by atoms with E-state index < -0.39 is 0 Å². The van der Waals surface area contributed by atoms with Gasteiger partial charge in [-0.15, -0.1) is 0 Å². The van der Waals surface area contributed by atoms with Crippen LogP contribution in [0.15, 0.2) is 30.5 Å². The van der Waals surface area contributed by atoms with Crippen molar-refractivity contribution in [2.75, 3.05) is 6.54 Å². The molecule has 1 aliphatic carbocycles. The van der Waals surface area contributed by atoms with Crippen LogP contribution in [0.1, 0.15) is 42.6 Å². The summed E-state index contributed by atoms with van der Waals surface area (Å²) in [6.45, 7) is 5.15. The Hall–Kier alpha value is -1.81. The fourth-order valence-corrected chi connectivity index (χ4v) is 2.56. The van der Waals surface area contributed by atoms with Gasteiger partial charge >= 0.3 is 0 Å². The number of aromatic nitrogens is 2. The second-order valence-electron chi connectivity index (χ2n) is 5.69. The molecule has 0 aliphatic heterocycles. The molecule has 1 aromatic carbocycles. The van der Waals surface area contributed by atoms with E-state index >= 15 is 0 Å². The third kappa shape index (κ3) is 3.10. The van der Waals surface area contributed by atoms with Crippen LogP contribution in [-0.4, -0.2) is 22.4 Å². The summed E-state index contributed by atoms with van der Waals surface area (Å²) in [5.41, 5.74) is 3.64. The molecule has 0 spiro atoms. The molecule has 0 amide bonds. The highest BCUT2D eigenvalue weighted by molar-refractivity contribution is 5.37. The van der Waals surface area contributed by atoms with E-state index in [2.05, 4.69) is 42.5 Å². The summed E-state index contributed by atoms with van der Waals surface area (Å²) in [4.78, 5) is 0. The highest BCUT2D eigenvalue weighted by Crippen LogP contribution is 2.30. The minimum Gasteiger partial charge on any atom is -0.490 e. The second-order valence-corrected chi connectivity index (χ2v) is 5.69. The summed E-state index contributed by atoms with van der Waals surface area (Å²) in [5.74, 6) is 0.972. The van der Waals surface area contributed by atoms with Gasteiger partial charge in [-0.25, -0.2) is 0 Å². The SMILES string of the molecule is CCNC(c1cccc(OC2CC2)c1)c1cnn(C)c1C. The number of aryl methyl sites for hydroxylation is 1. The summed E-state index contributed by atoms with van der Waals surface area (Å²) < 4.78 is 7.84. The summed E-state index contributed by atoms with van der Waals surface area (Å²) >= 11 is 0. The van der Waals surface area contributed by atoms with Crippen LogP contribution in [-0.2, 0) is 7.05 Å². The van der Waals surface area contributed by atoms with Crippen LogP contribution in [0.4, 0.5) is 0 Å². The quantitative estimate of drug-likeness (QED) is 0.887. The van der Waals surface area contributed by atoms with Crippen molar-refractivity contribution in [2.24, 2.45) is 7.05 Å². The molecule has 4 nitrogen and oxygen atoms in total. The number of nitrogens with one attached hydrogen (secondary N) is 1. The maximum Gasteiger partial charge on any atom is 0.120 e. The molecule has 1 saturated carbocycles. The Kier molecular flexibility index (Phi) is 3.97. The van der Waals surface area contributed by atoms with E-state index in [-0.39, 0.29) is 6.04 Å². The fraction of sp³-hybridized carbons (Fsp3) is 0.471. The lowest BCUT2D eigenvalue weighted by molar-refractivity contribution is 0.302. The average molecular weight is 285 g/mol. The van der Waals surface area contributed by atoms with E-state index in [9.17, 15) is 0 Å². The Bertz CT molecular complexity index is 616. The van der Waals surface area contributed by atoms with E-state index in [0.717, 1.165) is 12.3 Å². The predicted octanol–water partition coefficient (Wildman–Crippen LogP) is 2.97. The zero-order chi connectivity index (χ0) is 14.8. The first-order chi connectivity index (χ1) is 10.2. The van der Waals surface area contributed by atoms with Crippen LogP contribution < -0.4 is 10.1 Å². The molecule has 3 rings (SSSR count). The molecule has 2 aromatic rings. The number of hydrogen-bond donors (Lipinski definition) is 1. The third-order valence-electron chi connectivity index (χ3n) is 4.01. The highest BCUT2D eigenvalue weighted by Gasteiger charge is 2.24. The van der Waals surface area contributed by atoms with Crippen molar-refractivity contribution in [3.8, 4) is 5.75 Å². The zero-order valence-corrected chi connectivity index (χ0v) is 13.0. The molecule has 1 aromatic heterocycles. The summed E-state index contributed by atoms with van der Waals surface area (Å²) in [6.07, 6.45) is 4.75. The number of nitrogens with zero attached hydrogens (tertiary/aromatic N) is 2. The number of ether oxygens (including phenoxy) is 1. The molecule has 4 heteroatoms. The van der Waals surface area contributed by atoms with Gasteiger partial charge in [0, 0.05) is 18.3 Å². The lowest BCUT2D eigenvalue weighted by Gasteiger charge is -2.19. The minimum absolute atomic E-state index is 0.159. The normalized spacial score (nSPS) is 16.0. The monoisotopic (exact) mass is 285 g/mol. The molecule has 1 fully saturated rings. The van der Waals surface area contributed by atoms with Crippen LogP contribution in [0.5, 0.6) is 5.75 Å². The fourth-order valence-electron chi connectivity index (χ4n) is 2.56. The van der Waals surface area contributed by atoms with Crippen molar-refractivity contribution in [1.29, 1.82) is 0 Å². The van der Waals surface area contributed by atoms with Crippen molar-refractivity contribution in [2.45, 2.75) is 38.8 Å². The van der Waals surface area contributed by atoms with Crippen molar-refractivity contribution in [3.05, 3.63) is 47.3 Å². The van der Waals surface area contributed by atoms with Crippen molar-refractivity contribution < 1.29 is 4.74 Å². The Morgan fingerprint density at radius 2 is 2.24 bits per heavy atom. The second kappa shape index (κ2) is 5.90. The maximum absolute atomic E-state index is 5.92. The molecule has 21 heavy (non-hydrogen) atoms. The average Bonchev–Trinajstić information content (AvgIpc) is 3.24. The van der Waals surface area contributed by atoms with Gasteiger partial charge in [-0.1, -0.05) is 19.1 Å². The van der Waals surface area contributed by atoms with Gasteiger partial charge in [0.2, 0.25) is 0 Å². The smallest absolute Gasteiger partial charge is 0.120 e. The lowest BCUT2D eigenvalue weighted by Crippen LogP contribution is -2.22. The molecule has 1 aliphatic rings. The van der Waals surface area contributed by atoms with Gasteiger partial charge in [0.25, 0.3) is 0 Å². The van der Waals surface area contributed by atoms with Gasteiger partial charge in [0.1, 0.15) is 5.75 Å². The summed E-state index contributed by atoms with van der Waals surface area (Å²) in [5, 5.41) is 7.93. The molecule has 1 atom stereocenters. The highest BCUT2D eigenvalue weighted by atomic mass is 16.5. The predicted molar refractivity (Wildman–Crippen MR) is 83.6 cm³/mol. The van der Waals surface area contributed by atoms with Crippen LogP contribution in [0.2, 0.25) is 0 Å². The molecule has 0 saturated heterocycles. The van der Waals surface area contributed by atoms with Gasteiger partial charge in [0.15, 0.2) is 0 Å². The molecule has 1 heterocycles.